The molecule has 4 N–H and O–H groups in total. The van der Waals surface area contributed by atoms with Crippen LogP contribution in [0.15, 0.2) is 65.9 Å². The number of hydrogen-bond donors (Lipinski definition) is 3. The molecule has 152 valence electrons. The molecule has 0 aliphatic carbocycles. The summed E-state index contributed by atoms with van der Waals surface area (Å²) in [5, 5.41) is 8.38. The first-order valence-electron chi connectivity index (χ1n) is 9.61. The Morgan fingerprint density at radius 2 is 1.86 bits per heavy atom. The zero-order valence-corrected chi connectivity index (χ0v) is 17.2. The number of quaternary nitrogens is 1. The van der Waals surface area contributed by atoms with Crippen LogP contribution in [0.4, 0.5) is 4.79 Å². The minimum absolute atomic E-state index is 0.116. The van der Waals surface area contributed by atoms with E-state index in [0.717, 1.165) is 11.1 Å². The molecular formula is C22H25ClN3O3+. The van der Waals surface area contributed by atoms with Crippen LogP contribution in [0.25, 0.3) is 0 Å². The lowest BCUT2D eigenvalue weighted by atomic mass is 9.95. The number of rotatable bonds is 7. The molecule has 0 radical (unpaired) electrons. The highest BCUT2D eigenvalue weighted by molar-refractivity contribution is 6.30. The zero-order chi connectivity index (χ0) is 20.8. The van der Waals surface area contributed by atoms with Crippen molar-refractivity contribution >= 4 is 23.6 Å². The summed E-state index contributed by atoms with van der Waals surface area (Å²) in [6.07, 6.45) is 0. The summed E-state index contributed by atoms with van der Waals surface area (Å²) in [5.41, 5.74) is 2.92. The Morgan fingerprint density at radius 1 is 1.17 bits per heavy atom. The van der Waals surface area contributed by atoms with Crippen LogP contribution in [-0.2, 0) is 9.53 Å². The molecule has 0 fully saturated rings. The van der Waals surface area contributed by atoms with Crippen molar-refractivity contribution in [1.29, 1.82) is 0 Å². The van der Waals surface area contributed by atoms with Crippen molar-refractivity contribution in [1.82, 2.24) is 10.6 Å². The molecule has 0 saturated heterocycles. The van der Waals surface area contributed by atoms with Gasteiger partial charge < -0.3 is 20.7 Å². The van der Waals surface area contributed by atoms with E-state index in [9.17, 15) is 9.59 Å². The number of carbonyl (C=O) groups excluding carboxylic acids is 2. The highest BCUT2D eigenvalue weighted by atomic mass is 35.5. The van der Waals surface area contributed by atoms with Crippen LogP contribution in [0.2, 0.25) is 5.02 Å². The number of hydrogen-bond acceptors (Lipinski definition) is 3. The second-order valence-corrected chi connectivity index (χ2v) is 7.27. The molecule has 0 spiro atoms. The number of urea groups is 1. The quantitative estimate of drug-likeness (QED) is 0.609. The maximum absolute atomic E-state index is 12.8. The van der Waals surface area contributed by atoms with Crippen LogP contribution in [-0.4, -0.2) is 25.2 Å². The van der Waals surface area contributed by atoms with Gasteiger partial charge in [0.2, 0.25) is 0 Å². The Bertz CT molecular complexity index is 897. The normalized spacial score (nSPS) is 17.3. The number of nitrogens with two attached hydrogens (primary N) is 1. The van der Waals surface area contributed by atoms with E-state index in [1.165, 1.54) is 0 Å². The number of amides is 2. The van der Waals surface area contributed by atoms with Gasteiger partial charge in [-0.15, -0.1) is 0 Å². The minimum atomic E-state index is -0.557. The molecule has 0 saturated carbocycles. The van der Waals surface area contributed by atoms with Crippen LogP contribution in [0, 0.1) is 0 Å². The first-order chi connectivity index (χ1) is 14.0. The van der Waals surface area contributed by atoms with Crippen molar-refractivity contribution in [3.63, 3.8) is 0 Å². The zero-order valence-electron chi connectivity index (χ0n) is 16.4. The lowest BCUT2D eigenvalue weighted by Crippen LogP contribution is -2.86. The molecule has 2 aromatic rings. The monoisotopic (exact) mass is 414 g/mol. The van der Waals surface area contributed by atoms with Crippen molar-refractivity contribution in [3.05, 3.63) is 82.0 Å². The summed E-state index contributed by atoms with van der Waals surface area (Å²) in [4.78, 5) is 25.0. The molecule has 1 aliphatic heterocycles. The van der Waals surface area contributed by atoms with E-state index >= 15 is 0 Å². The van der Waals surface area contributed by atoms with Crippen LogP contribution >= 0.6 is 11.6 Å². The summed E-state index contributed by atoms with van der Waals surface area (Å²) in [6.45, 7) is 4.51. The number of carbonyl (C=O) groups is 2. The van der Waals surface area contributed by atoms with Crippen molar-refractivity contribution in [2.24, 2.45) is 0 Å². The average Bonchev–Trinajstić information content (AvgIpc) is 2.72. The molecule has 0 unspecified atom stereocenters. The van der Waals surface area contributed by atoms with Crippen LogP contribution in [0.3, 0.4) is 0 Å². The molecule has 1 heterocycles. The first-order valence-corrected chi connectivity index (χ1v) is 9.98. The highest BCUT2D eigenvalue weighted by Crippen LogP contribution is 2.27. The van der Waals surface area contributed by atoms with E-state index in [-0.39, 0.29) is 18.7 Å². The Kier molecular flexibility index (Phi) is 6.90. The number of halogens is 1. The molecule has 6 nitrogen and oxygen atoms in total. The third-order valence-electron chi connectivity index (χ3n) is 4.85. The van der Waals surface area contributed by atoms with Gasteiger partial charge >= 0.3 is 12.0 Å². The summed E-state index contributed by atoms with van der Waals surface area (Å²) in [7, 11) is 0. The van der Waals surface area contributed by atoms with E-state index in [1.54, 1.807) is 6.92 Å². The fourth-order valence-corrected chi connectivity index (χ4v) is 3.45. The van der Waals surface area contributed by atoms with Gasteiger partial charge in [0.15, 0.2) is 0 Å². The number of benzene rings is 2. The van der Waals surface area contributed by atoms with Gasteiger partial charge in [-0.05, 0) is 31.5 Å². The fourth-order valence-electron chi connectivity index (χ4n) is 3.32. The average molecular weight is 415 g/mol. The van der Waals surface area contributed by atoms with Crippen LogP contribution in [0.1, 0.15) is 37.1 Å². The number of nitrogens with one attached hydrogen (secondary N) is 2. The molecule has 3 rings (SSSR count). The third kappa shape index (κ3) is 5.16. The Hall–Kier alpha value is -2.83. The van der Waals surface area contributed by atoms with Crippen LogP contribution in [0.5, 0.6) is 0 Å². The summed E-state index contributed by atoms with van der Waals surface area (Å²) >= 11 is 5.97. The molecule has 2 aromatic carbocycles. The SMILES string of the molecule is CCOC(=O)C1=C(C[NH2+][C@H](C)c2ccc(Cl)cc2)NC(=O)N[C@H]1c1ccccc1. The largest absolute Gasteiger partial charge is 0.463 e. The predicted molar refractivity (Wildman–Crippen MR) is 111 cm³/mol. The van der Waals surface area contributed by atoms with Crippen LogP contribution < -0.4 is 16.0 Å². The van der Waals surface area contributed by atoms with Gasteiger partial charge in [0.1, 0.15) is 12.6 Å². The smallest absolute Gasteiger partial charge is 0.338 e. The highest BCUT2D eigenvalue weighted by Gasteiger charge is 2.34. The van der Waals surface area contributed by atoms with Gasteiger partial charge in [0, 0.05) is 10.6 Å². The maximum atomic E-state index is 12.8. The van der Waals surface area contributed by atoms with Gasteiger partial charge in [-0.3, -0.25) is 0 Å². The van der Waals surface area contributed by atoms with Gasteiger partial charge in [-0.1, -0.05) is 54.1 Å². The Labute approximate surface area is 175 Å². The summed E-state index contributed by atoms with van der Waals surface area (Å²) in [5.74, 6) is -0.434. The molecule has 0 aromatic heterocycles. The molecule has 2 atom stereocenters. The molecule has 2 amide bonds. The standard InChI is InChI=1S/C22H24ClN3O3/c1-3-29-21(27)19-18(13-24-14(2)15-9-11-17(23)12-10-15)25-22(28)26-20(19)16-7-5-4-6-8-16/h4-12,14,20,24H,3,13H2,1-2H3,(H2,25,26,28)/p+1/t14-,20+/m1/s1. The van der Waals surface area contributed by atoms with Gasteiger partial charge in [0.25, 0.3) is 0 Å². The van der Waals surface area contributed by atoms with Crippen molar-refractivity contribution in [2.75, 3.05) is 13.2 Å². The van der Waals surface area contributed by atoms with Crippen molar-refractivity contribution in [2.45, 2.75) is 25.9 Å². The number of esters is 1. The third-order valence-corrected chi connectivity index (χ3v) is 5.11. The van der Waals surface area contributed by atoms with Crippen molar-refractivity contribution < 1.29 is 19.6 Å². The second-order valence-electron chi connectivity index (χ2n) is 6.83. The first kappa shape index (κ1) is 20.9. The molecule has 7 heteroatoms. The lowest BCUT2D eigenvalue weighted by molar-refractivity contribution is -0.686. The lowest BCUT2D eigenvalue weighted by Gasteiger charge is -2.29. The second kappa shape index (κ2) is 9.58. The Balaban J connectivity index is 1.88. The minimum Gasteiger partial charge on any atom is -0.463 e. The van der Waals surface area contributed by atoms with Gasteiger partial charge in [0.05, 0.1) is 23.9 Å². The van der Waals surface area contributed by atoms with Gasteiger partial charge in [-0.25, -0.2) is 9.59 Å². The summed E-state index contributed by atoms with van der Waals surface area (Å²) < 4.78 is 5.29. The predicted octanol–water partition coefficient (Wildman–Crippen LogP) is 2.84. The Morgan fingerprint density at radius 3 is 2.52 bits per heavy atom. The van der Waals surface area contributed by atoms with Crippen molar-refractivity contribution in [3.8, 4) is 0 Å². The molecule has 29 heavy (non-hydrogen) atoms. The number of ether oxygens (including phenoxy) is 1. The van der Waals surface area contributed by atoms with E-state index in [1.807, 2.05) is 54.6 Å². The van der Waals surface area contributed by atoms with Gasteiger partial charge in [-0.2, -0.15) is 0 Å². The van der Waals surface area contributed by atoms with E-state index < -0.39 is 12.0 Å². The summed E-state index contributed by atoms with van der Waals surface area (Å²) in [6, 6.07) is 16.3. The maximum Gasteiger partial charge on any atom is 0.338 e. The van der Waals surface area contributed by atoms with E-state index in [2.05, 4.69) is 22.9 Å². The van der Waals surface area contributed by atoms with E-state index in [0.29, 0.717) is 22.8 Å². The molecule has 1 aliphatic rings. The topological polar surface area (TPSA) is 84.0 Å². The molecular weight excluding hydrogens is 390 g/mol. The van der Waals surface area contributed by atoms with E-state index in [4.69, 9.17) is 16.3 Å². The molecule has 0 bridgehead atoms. The fraction of sp³-hybridized carbons (Fsp3) is 0.273.